The minimum absolute atomic E-state index is 0.299. The van der Waals surface area contributed by atoms with Gasteiger partial charge in [0.2, 0.25) is 0 Å². The largest absolute Gasteiger partial charge is 0.393 e. The highest BCUT2D eigenvalue weighted by atomic mass is 16.3. The van der Waals surface area contributed by atoms with Crippen LogP contribution in [-0.2, 0) is 0 Å². The van der Waals surface area contributed by atoms with Gasteiger partial charge in [-0.1, -0.05) is 6.08 Å². The Morgan fingerprint density at radius 1 is 1.67 bits per heavy atom. The first-order chi connectivity index (χ1) is 4.27. The molecule has 50 valence electrons. The summed E-state index contributed by atoms with van der Waals surface area (Å²) in [5.74, 6) is 0. The molecule has 0 saturated heterocycles. The number of hydrogen-bond donors (Lipinski definition) is 2. The molecule has 0 bridgehead atoms. The molecule has 1 rings (SSSR count). The van der Waals surface area contributed by atoms with Gasteiger partial charge in [0.25, 0.3) is 0 Å². The van der Waals surface area contributed by atoms with Gasteiger partial charge in [0, 0.05) is 6.21 Å². The Kier molecular flexibility index (Phi) is 1.64. The highest BCUT2D eigenvalue weighted by Crippen LogP contribution is 2.05. The quantitative estimate of drug-likeness (QED) is 0.460. The number of nitrogens with zero attached hydrogens (tertiary/aromatic N) is 1. The molecule has 9 heavy (non-hydrogen) atoms. The molecular weight excluding hydrogens is 118 g/mol. The Hall–Kier alpha value is -0.670. The normalized spacial score (nSPS) is 33.1. The predicted octanol–water partition coefficient (Wildman–Crippen LogP) is -0.650. The minimum atomic E-state index is -1.20. The molecule has 0 radical (unpaired) electrons. The zero-order valence-corrected chi connectivity index (χ0v) is 4.99. The molecule has 0 aromatic rings. The molecule has 2 N–H and O–H groups in total. The zero-order valence-electron chi connectivity index (χ0n) is 4.99. The smallest absolute Gasteiger partial charge is 0.140 e. The van der Waals surface area contributed by atoms with Crippen molar-refractivity contribution in [1.29, 1.82) is 0 Å². The molecule has 0 saturated carbocycles. The van der Waals surface area contributed by atoms with Gasteiger partial charge < -0.3 is 10.2 Å². The third-order valence-electron chi connectivity index (χ3n) is 1.19. The van der Waals surface area contributed by atoms with Crippen molar-refractivity contribution in [2.75, 3.05) is 13.2 Å². The van der Waals surface area contributed by atoms with E-state index in [4.69, 9.17) is 5.11 Å². The highest BCUT2D eigenvalue weighted by Gasteiger charge is 2.20. The molecule has 1 atom stereocenters. The first kappa shape index (κ1) is 6.45. The molecule has 0 fully saturated rings. The average molecular weight is 127 g/mol. The Morgan fingerprint density at radius 3 is 2.78 bits per heavy atom. The molecule has 0 aromatic heterocycles. The SMILES string of the molecule is OCC1(O)C=CCN=C1. The molecule has 0 aromatic carbocycles. The van der Waals surface area contributed by atoms with Crippen molar-refractivity contribution < 1.29 is 10.2 Å². The van der Waals surface area contributed by atoms with Crippen molar-refractivity contribution in [3.05, 3.63) is 12.2 Å². The third-order valence-corrected chi connectivity index (χ3v) is 1.19. The van der Waals surface area contributed by atoms with Crippen LogP contribution in [0.1, 0.15) is 0 Å². The summed E-state index contributed by atoms with van der Waals surface area (Å²) in [6.45, 7) is 0.301. The van der Waals surface area contributed by atoms with Crippen LogP contribution in [0.5, 0.6) is 0 Å². The maximum Gasteiger partial charge on any atom is 0.140 e. The van der Waals surface area contributed by atoms with Crippen LogP contribution in [0.2, 0.25) is 0 Å². The number of aliphatic hydroxyl groups excluding tert-OH is 1. The van der Waals surface area contributed by atoms with Gasteiger partial charge in [0.15, 0.2) is 0 Å². The lowest BCUT2D eigenvalue weighted by Crippen LogP contribution is -2.33. The lowest BCUT2D eigenvalue weighted by molar-refractivity contribution is 0.0869. The second-order valence-electron chi connectivity index (χ2n) is 2.05. The molecule has 0 amide bonds. The van der Waals surface area contributed by atoms with E-state index in [0.717, 1.165) is 0 Å². The Bertz CT molecular complexity index is 139. The molecule has 0 aliphatic carbocycles. The van der Waals surface area contributed by atoms with Gasteiger partial charge in [-0.25, -0.2) is 0 Å². The van der Waals surface area contributed by atoms with E-state index in [9.17, 15) is 5.11 Å². The van der Waals surface area contributed by atoms with E-state index in [0.29, 0.717) is 6.54 Å². The van der Waals surface area contributed by atoms with Crippen molar-refractivity contribution >= 4 is 6.21 Å². The first-order valence-electron chi connectivity index (χ1n) is 2.79. The van der Waals surface area contributed by atoms with Crippen LogP contribution in [0.3, 0.4) is 0 Å². The second kappa shape index (κ2) is 2.29. The summed E-state index contributed by atoms with van der Waals surface area (Å²) < 4.78 is 0. The van der Waals surface area contributed by atoms with Crippen LogP contribution in [0, 0.1) is 0 Å². The lowest BCUT2D eigenvalue weighted by atomic mass is 10.1. The fourth-order valence-electron chi connectivity index (χ4n) is 0.665. The van der Waals surface area contributed by atoms with Crippen LogP contribution in [-0.4, -0.2) is 35.2 Å². The maximum atomic E-state index is 9.19. The Morgan fingerprint density at radius 2 is 2.44 bits per heavy atom. The standard InChI is InChI=1S/C6H9NO2/c8-5-6(9)2-1-3-7-4-6/h1-2,4,8-9H,3,5H2. The summed E-state index contributed by atoms with van der Waals surface area (Å²) in [4.78, 5) is 3.78. The predicted molar refractivity (Wildman–Crippen MR) is 34.5 cm³/mol. The molecule has 3 heteroatoms. The van der Waals surface area contributed by atoms with Gasteiger partial charge >= 0.3 is 0 Å². The van der Waals surface area contributed by atoms with Crippen molar-refractivity contribution in [1.82, 2.24) is 0 Å². The van der Waals surface area contributed by atoms with E-state index >= 15 is 0 Å². The fourth-order valence-corrected chi connectivity index (χ4v) is 0.665. The zero-order chi connectivity index (χ0) is 6.74. The molecule has 1 heterocycles. The van der Waals surface area contributed by atoms with Crippen molar-refractivity contribution in [3.8, 4) is 0 Å². The summed E-state index contributed by atoms with van der Waals surface area (Å²) in [5.41, 5.74) is -1.20. The second-order valence-corrected chi connectivity index (χ2v) is 2.05. The summed E-state index contributed by atoms with van der Waals surface area (Å²) in [6.07, 6.45) is 4.61. The first-order valence-corrected chi connectivity index (χ1v) is 2.79. The van der Waals surface area contributed by atoms with Crippen LogP contribution >= 0.6 is 0 Å². The number of rotatable bonds is 1. The van der Waals surface area contributed by atoms with E-state index in [2.05, 4.69) is 4.99 Å². The van der Waals surface area contributed by atoms with Crippen LogP contribution in [0.25, 0.3) is 0 Å². The Balaban J connectivity index is 2.67. The molecule has 1 unspecified atom stereocenters. The molecule has 3 nitrogen and oxygen atoms in total. The van der Waals surface area contributed by atoms with Crippen molar-refractivity contribution in [3.63, 3.8) is 0 Å². The van der Waals surface area contributed by atoms with Gasteiger partial charge in [-0.2, -0.15) is 0 Å². The van der Waals surface area contributed by atoms with E-state index in [-0.39, 0.29) is 6.61 Å². The van der Waals surface area contributed by atoms with Crippen LogP contribution in [0.15, 0.2) is 17.1 Å². The van der Waals surface area contributed by atoms with Gasteiger partial charge in [0.05, 0.1) is 13.2 Å². The minimum Gasteiger partial charge on any atom is -0.393 e. The van der Waals surface area contributed by atoms with Gasteiger partial charge in [-0.05, 0) is 6.08 Å². The topological polar surface area (TPSA) is 52.8 Å². The monoisotopic (exact) mass is 127 g/mol. The van der Waals surface area contributed by atoms with E-state index < -0.39 is 5.60 Å². The summed E-state index contributed by atoms with van der Waals surface area (Å²) in [6, 6.07) is 0. The fraction of sp³-hybridized carbons (Fsp3) is 0.500. The van der Waals surface area contributed by atoms with Gasteiger partial charge in [0.1, 0.15) is 5.60 Å². The number of hydrogen-bond acceptors (Lipinski definition) is 3. The lowest BCUT2D eigenvalue weighted by Gasteiger charge is -2.17. The summed E-state index contributed by atoms with van der Waals surface area (Å²) in [5, 5.41) is 17.8. The van der Waals surface area contributed by atoms with Gasteiger partial charge in [-0.3, -0.25) is 4.99 Å². The molecule has 1 aliphatic rings. The Labute approximate surface area is 53.4 Å². The van der Waals surface area contributed by atoms with E-state index in [1.165, 1.54) is 6.21 Å². The maximum absolute atomic E-state index is 9.19. The van der Waals surface area contributed by atoms with Crippen molar-refractivity contribution in [2.45, 2.75) is 5.60 Å². The van der Waals surface area contributed by atoms with Gasteiger partial charge in [-0.15, -0.1) is 0 Å². The third kappa shape index (κ3) is 1.37. The highest BCUT2D eigenvalue weighted by molar-refractivity contribution is 5.72. The van der Waals surface area contributed by atoms with E-state index in [1.807, 2.05) is 0 Å². The number of aliphatic hydroxyl groups is 2. The number of dihydropyridines is 1. The molecule has 1 aliphatic heterocycles. The number of aliphatic imine (C=N–C) groups is 1. The summed E-state index contributed by atoms with van der Waals surface area (Å²) in [7, 11) is 0. The van der Waals surface area contributed by atoms with E-state index in [1.54, 1.807) is 12.2 Å². The van der Waals surface area contributed by atoms with Crippen LogP contribution in [0.4, 0.5) is 0 Å². The van der Waals surface area contributed by atoms with Crippen molar-refractivity contribution in [2.24, 2.45) is 4.99 Å². The summed E-state index contributed by atoms with van der Waals surface area (Å²) >= 11 is 0. The molecule has 0 spiro atoms. The van der Waals surface area contributed by atoms with Crippen LogP contribution < -0.4 is 0 Å². The average Bonchev–Trinajstić information content (AvgIpc) is 1.90. The molecular formula is C6H9NO2.